The van der Waals surface area contributed by atoms with Crippen molar-refractivity contribution in [3.8, 4) is 0 Å². The van der Waals surface area contributed by atoms with E-state index in [2.05, 4.69) is 0 Å². The molecule has 0 fully saturated rings. The maximum Gasteiger partial charge on any atom is 0.0827 e. The first-order chi connectivity index (χ1) is 4.74. The Morgan fingerprint density at radius 3 is 2.70 bits per heavy atom. The SMILES string of the molecule is Cc1ccc(SF)c(Cl)c1. The van der Waals surface area contributed by atoms with E-state index < -0.39 is 0 Å². The van der Waals surface area contributed by atoms with Gasteiger partial charge in [-0.15, -0.1) is 0 Å². The molecule has 0 amide bonds. The van der Waals surface area contributed by atoms with Crippen LogP contribution in [0.25, 0.3) is 0 Å². The molecule has 0 unspecified atom stereocenters. The van der Waals surface area contributed by atoms with Gasteiger partial charge in [-0.1, -0.05) is 17.7 Å². The summed E-state index contributed by atoms with van der Waals surface area (Å²) >= 11 is 5.84. The van der Waals surface area contributed by atoms with Gasteiger partial charge in [0.25, 0.3) is 0 Å². The van der Waals surface area contributed by atoms with Crippen molar-refractivity contribution in [1.82, 2.24) is 0 Å². The van der Waals surface area contributed by atoms with Gasteiger partial charge in [-0.05, 0) is 24.6 Å². The highest BCUT2D eigenvalue weighted by Crippen LogP contribution is 2.27. The van der Waals surface area contributed by atoms with Crippen molar-refractivity contribution >= 4 is 23.7 Å². The molecular weight excluding hydrogens is 171 g/mol. The summed E-state index contributed by atoms with van der Waals surface area (Å²) in [5.41, 5.74) is 1.04. The maximum atomic E-state index is 12.0. The predicted octanol–water partition coefficient (Wildman–Crippen LogP) is 3.63. The molecule has 10 heavy (non-hydrogen) atoms. The Morgan fingerprint density at radius 2 is 2.20 bits per heavy atom. The Balaban J connectivity index is 3.07. The maximum absolute atomic E-state index is 12.0. The lowest BCUT2D eigenvalue weighted by Crippen LogP contribution is -1.73. The average molecular weight is 177 g/mol. The molecule has 0 heterocycles. The molecule has 0 aliphatic carbocycles. The van der Waals surface area contributed by atoms with Crippen LogP contribution in [0, 0.1) is 6.92 Å². The minimum atomic E-state index is 0.172. The molecule has 1 aromatic rings. The molecule has 0 radical (unpaired) electrons. The standard InChI is InChI=1S/C7H6ClFS/c1-5-2-3-7(10-9)6(8)4-5/h2-4H,1H3. The molecule has 0 saturated heterocycles. The summed E-state index contributed by atoms with van der Waals surface area (Å²) in [5.74, 6) is 0. The molecule has 0 nitrogen and oxygen atoms in total. The third-order valence-electron chi connectivity index (χ3n) is 1.17. The van der Waals surface area contributed by atoms with E-state index in [4.69, 9.17) is 11.6 Å². The zero-order chi connectivity index (χ0) is 7.56. The first-order valence-electron chi connectivity index (χ1n) is 2.79. The minimum Gasteiger partial charge on any atom is -0.160 e. The van der Waals surface area contributed by atoms with Crippen molar-refractivity contribution in [2.75, 3.05) is 0 Å². The van der Waals surface area contributed by atoms with Gasteiger partial charge in [0.05, 0.1) is 22.1 Å². The van der Waals surface area contributed by atoms with Crippen LogP contribution < -0.4 is 0 Å². The number of halogens is 2. The summed E-state index contributed by atoms with van der Waals surface area (Å²) in [6, 6.07) is 5.24. The summed E-state index contributed by atoms with van der Waals surface area (Å²) in [6.45, 7) is 1.92. The normalized spacial score (nSPS) is 9.90. The molecule has 0 N–H and O–H groups in total. The Hall–Kier alpha value is -0.210. The molecule has 3 heteroatoms. The highest BCUT2D eigenvalue weighted by atomic mass is 35.5. The van der Waals surface area contributed by atoms with Crippen LogP contribution in [-0.4, -0.2) is 0 Å². The average Bonchev–Trinajstić information content (AvgIpc) is 1.88. The highest BCUT2D eigenvalue weighted by molar-refractivity contribution is 7.94. The minimum absolute atomic E-state index is 0.172. The van der Waals surface area contributed by atoms with Gasteiger partial charge in [-0.2, -0.15) is 3.89 Å². The van der Waals surface area contributed by atoms with E-state index in [9.17, 15) is 3.89 Å². The number of benzene rings is 1. The molecule has 0 saturated carbocycles. The predicted molar refractivity (Wildman–Crippen MR) is 43.2 cm³/mol. The first-order valence-corrected chi connectivity index (χ1v) is 3.88. The molecule has 0 aliphatic heterocycles. The summed E-state index contributed by atoms with van der Waals surface area (Å²) in [7, 11) is 0. The van der Waals surface area contributed by atoms with Gasteiger partial charge in [-0.3, -0.25) is 0 Å². The lowest BCUT2D eigenvalue weighted by Gasteiger charge is -1.97. The second-order valence-electron chi connectivity index (χ2n) is 2.01. The summed E-state index contributed by atoms with van der Waals surface area (Å²) in [5, 5.41) is 0.479. The molecule has 0 aromatic heterocycles. The van der Waals surface area contributed by atoms with Gasteiger partial charge in [0.2, 0.25) is 0 Å². The second kappa shape index (κ2) is 3.26. The van der Waals surface area contributed by atoms with E-state index in [0.717, 1.165) is 5.56 Å². The van der Waals surface area contributed by atoms with E-state index >= 15 is 0 Å². The van der Waals surface area contributed by atoms with Gasteiger partial charge >= 0.3 is 0 Å². The second-order valence-corrected chi connectivity index (χ2v) is 3.01. The molecule has 0 spiro atoms. The molecule has 0 bridgehead atoms. The van der Waals surface area contributed by atoms with Crippen LogP contribution in [0.1, 0.15) is 5.56 Å². The van der Waals surface area contributed by atoms with E-state index in [1.807, 2.05) is 13.0 Å². The van der Waals surface area contributed by atoms with Crippen molar-refractivity contribution in [1.29, 1.82) is 0 Å². The summed E-state index contributed by atoms with van der Waals surface area (Å²) in [4.78, 5) is 0.479. The molecule has 1 rings (SSSR count). The topological polar surface area (TPSA) is 0 Å². The lowest BCUT2D eigenvalue weighted by atomic mass is 10.2. The third kappa shape index (κ3) is 1.64. The third-order valence-corrected chi connectivity index (χ3v) is 2.12. The monoisotopic (exact) mass is 176 g/mol. The van der Waals surface area contributed by atoms with Gasteiger partial charge in [0.15, 0.2) is 0 Å². The van der Waals surface area contributed by atoms with Crippen LogP contribution in [0.3, 0.4) is 0 Å². The van der Waals surface area contributed by atoms with Gasteiger partial charge in [0, 0.05) is 0 Å². The van der Waals surface area contributed by atoms with Crippen molar-refractivity contribution in [3.63, 3.8) is 0 Å². The molecule has 0 atom stereocenters. The first kappa shape index (κ1) is 7.89. The van der Waals surface area contributed by atoms with Gasteiger partial charge in [-0.25, -0.2) is 0 Å². The molecule has 0 aliphatic rings. The number of aryl methyl sites for hydroxylation is 1. The quantitative estimate of drug-likeness (QED) is 0.630. The zero-order valence-electron chi connectivity index (χ0n) is 5.40. The van der Waals surface area contributed by atoms with Crippen molar-refractivity contribution in [3.05, 3.63) is 28.8 Å². The van der Waals surface area contributed by atoms with E-state index in [0.29, 0.717) is 9.92 Å². The van der Waals surface area contributed by atoms with Crippen LogP contribution in [0.15, 0.2) is 23.1 Å². The number of rotatable bonds is 1. The highest BCUT2D eigenvalue weighted by Gasteiger charge is 1.98. The number of hydrogen-bond donors (Lipinski definition) is 0. The Kier molecular flexibility index (Phi) is 2.57. The Bertz CT molecular complexity index is 237. The Morgan fingerprint density at radius 1 is 1.50 bits per heavy atom. The van der Waals surface area contributed by atoms with Crippen LogP contribution in [0.5, 0.6) is 0 Å². The molecular formula is C7H6ClFS. The van der Waals surface area contributed by atoms with E-state index in [-0.39, 0.29) is 12.1 Å². The molecule has 1 aromatic carbocycles. The zero-order valence-corrected chi connectivity index (χ0v) is 6.97. The fraction of sp³-hybridized carbons (Fsp3) is 0.143. The van der Waals surface area contributed by atoms with Crippen molar-refractivity contribution in [2.24, 2.45) is 0 Å². The number of hydrogen-bond acceptors (Lipinski definition) is 1. The van der Waals surface area contributed by atoms with Crippen molar-refractivity contribution < 1.29 is 3.89 Å². The summed E-state index contributed by atoms with van der Waals surface area (Å²) < 4.78 is 12.0. The van der Waals surface area contributed by atoms with E-state index in [1.54, 1.807) is 12.1 Å². The van der Waals surface area contributed by atoms with Crippen molar-refractivity contribution in [2.45, 2.75) is 11.8 Å². The van der Waals surface area contributed by atoms with Crippen LogP contribution in [0.2, 0.25) is 5.02 Å². The van der Waals surface area contributed by atoms with Crippen LogP contribution >= 0.6 is 23.7 Å². The summed E-state index contributed by atoms with van der Waals surface area (Å²) in [6.07, 6.45) is 0. The van der Waals surface area contributed by atoms with Crippen LogP contribution in [0.4, 0.5) is 3.89 Å². The smallest absolute Gasteiger partial charge is 0.0827 e. The largest absolute Gasteiger partial charge is 0.160 e. The van der Waals surface area contributed by atoms with Gasteiger partial charge in [0.1, 0.15) is 0 Å². The lowest BCUT2D eigenvalue weighted by molar-refractivity contribution is 0.934. The fourth-order valence-corrected chi connectivity index (χ4v) is 1.24. The molecule has 54 valence electrons. The van der Waals surface area contributed by atoms with Gasteiger partial charge < -0.3 is 0 Å². The van der Waals surface area contributed by atoms with E-state index in [1.165, 1.54) is 0 Å². The Labute approximate surface area is 68.7 Å². The van der Waals surface area contributed by atoms with Crippen LogP contribution in [-0.2, 0) is 0 Å². The fourth-order valence-electron chi connectivity index (χ4n) is 0.668.